The van der Waals surface area contributed by atoms with Gasteiger partial charge in [-0.15, -0.1) is 0 Å². The van der Waals surface area contributed by atoms with Crippen LogP contribution in [-0.2, 0) is 3.02 Å². The van der Waals surface area contributed by atoms with Gasteiger partial charge in [-0.3, -0.25) is 0 Å². The molecule has 1 unspecified atom stereocenters. The van der Waals surface area contributed by atoms with Gasteiger partial charge in [0.15, 0.2) is 0 Å². The van der Waals surface area contributed by atoms with Crippen molar-refractivity contribution in [1.82, 2.24) is 0 Å². The summed E-state index contributed by atoms with van der Waals surface area (Å²) < 4.78 is 4.53. The Morgan fingerprint density at radius 3 is 2.43 bits per heavy atom. The van der Waals surface area contributed by atoms with Crippen molar-refractivity contribution in [3.63, 3.8) is 0 Å². The first-order valence-electron chi connectivity index (χ1n) is 1.86. The maximum absolute atomic E-state index is 8.49. The van der Waals surface area contributed by atoms with Crippen molar-refractivity contribution < 1.29 is 13.2 Å². The van der Waals surface area contributed by atoms with E-state index in [-0.39, 0.29) is 13.2 Å². The van der Waals surface area contributed by atoms with E-state index in [1.807, 2.05) is 0 Å². The van der Waals surface area contributed by atoms with E-state index in [0.717, 1.165) is 23.4 Å². The van der Waals surface area contributed by atoms with Gasteiger partial charge < -0.3 is 0 Å². The molecule has 0 aromatic rings. The second-order valence-electron chi connectivity index (χ2n) is 1.13. The first kappa shape index (κ1) is 7.70. The SMILES string of the molecule is OCC(O)C[O][Sb]. The maximum atomic E-state index is 8.49. The minimum absolute atomic E-state index is 0.220. The standard InChI is InChI=1S/C3H7O3.Sb/c4-1-3(6)2-5;/h3-4,6H,1-2H2;/q-1;+1. The number of aliphatic hydroxyl groups excluding tert-OH is 2. The van der Waals surface area contributed by atoms with Crippen LogP contribution in [0.15, 0.2) is 0 Å². The monoisotopic (exact) mass is 212 g/mol. The minimum atomic E-state index is -0.705. The predicted molar refractivity (Wildman–Crippen MR) is 24.8 cm³/mol. The van der Waals surface area contributed by atoms with E-state index in [9.17, 15) is 0 Å². The molecule has 0 amide bonds. The van der Waals surface area contributed by atoms with Crippen LogP contribution in [0.5, 0.6) is 0 Å². The molecule has 0 aliphatic carbocycles. The van der Waals surface area contributed by atoms with Crippen LogP contribution in [0.25, 0.3) is 0 Å². The molecule has 7 heavy (non-hydrogen) atoms. The summed E-state index contributed by atoms with van der Waals surface area (Å²) in [6.07, 6.45) is -0.705. The first-order valence-corrected chi connectivity index (χ1v) is 2.90. The third-order valence-corrected chi connectivity index (χ3v) is 0.903. The molecule has 0 aromatic carbocycles. The fraction of sp³-hybridized carbons (Fsp3) is 1.00. The Hall–Kier alpha value is 0.698. The topological polar surface area (TPSA) is 49.7 Å². The molecule has 0 saturated carbocycles. The van der Waals surface area contributed by atoms with Crippen LogP contribution >= 0.6 is 0 Å². The Bertz CT molecular complexity index is 41.2. The second kappa shape index (κ2) is 4.85. The van der Waals surface area contributed by atoms with Crippen molar-refractivity contribution >= 4 is 23.4 Å². The van der Waals surface area contributed by atoms with Crippen molar-refractivity contribution in [3.8, 4) is 0 Å². The first-order chi connectivity index (χ1) is 3.31. The van der Waals surface area contributed by atoms with Gasteiger partial charge in [-0.1, -0.05) is 0 Å². The molecule has 1 atom stereocenters. The van der Waals surface area contributed by atoms with Gasteiger partial charge in [0.2, 0.25) is 0 Å². The molecule has 0 spiro atoms. The molecule has 0 aliphatic heterocycles. The molecule has 2 N–H and O–H groups in total. The van der Waals surface area contributed by atoms with Crippen LogP contribution in [0.1, 0.15) is 0 Å². The van der Waals surface area contributed by atoms with E-state index in [0.29, 0.717) is 0 Å². The van der Waals surface area contributed by atoms with E-state index in [2.05, 4.69) is 3.02 Å². The Balaban J connectivity index is 2.83. The van der Waals surface area contributed by atoms with Crippen LogP contribution in [0, 0.1) is 0 Å². The molecule has 0 bridgehead atoms. The van der Waals surface area contributed by atoms with Gasteiger partial charge in [-0.25, -0.2) is 0 Å². The van der Waals surface area contributed by atoms with Gasteiger partial charge in [-0.2, -0.15) is 0 Å². The number of aliphatic hydroxyl groups is 2. The molecule has 4 heteroatoms. The van der Waals surface area contributed by atoms with Crippen LogP contribution in [0.2, 0.25) is 0 Å². The van der Waals surface area contributed by atoms with E-state index >= 15 is 0 Å². The number of hydrogen-bond acceptors (Lipinski definition) is 3. The van der Waals surface area contributed by atoms with Crippen molar-refractivity contribution in [1.29, 1.82) is 0 Å². The van der Waals surface area contributed by atoms with Gasteiger partial charge >= 0.3 is 56.0 Å². The molecular weight excluding hydrogens is 206 g/mol. The van der Waals surface area contributed by atoms with Crippen molar-refractivity contribution in [2.75, 3.05) is 13.2 Å². The fourth-order valence-corrected chi connectivity index (χ4v) is 0.630. The van der Waals surface area contributed by atoms with Crippen LogP contribution in [0.4, 0.5) is 0 Å². The zero-order valence-electron chi connectivity index (χ0n) is 3.74. The molecule has 0 heterocycles. The summed E-state index contributed by atoms with van der Waals surface area (Å²) >= 11 is 1.16. The Morgan fingerprint density at radius 1 is 1.71 bits per heavy atom. The van der Waals surface area contributed by atoms with Gasteiger partial charge in [0, 0.05) is 0 Å². The van der Waals surface area contributed by atoms with E-state index in [4.69, 9.17) is 10.2 Å². The van der Waals surface area contributed by atoms with E-state index < -0.39 is 6.10 Å². The summed E-state index contributed by atoms with van der Waals surface area (Å²) in [5, 5.41) is 16.6. The fourth-order valence-electron chi connectivity index (χ4n) is 0.139. The quantitative estimate of drug-likeness (QED) is 0.557. The molecule has 42 valence electrons. The Morgan fingerprint density at radius 2 is 2.29 bits per heavy atom. The molecule has 3 nitrogen and oxygen atoms in total. The zero-order valence-corrected chi connectivity index (χ0v) is 6.29. The third kappa shape index (κ3) is 4.55. The van der Waals surface area contributed by atoms with Gasteiger partial charge in [0.25, 0.3) is 0 Å². The van der Waals surface area contributed by atoms with Crippen LogP contribution in [-0.4, -0.2) is 53.0 Å². The average Bonchev–Trinajstić information content (AvgIpc) is 1.68. The summed E-state index contributed by atoms with van der Waals surface area (Å²) in [5.74, 6) is 0. The molecule has 0 rings (SSSR count). The summed E-state index contributed by atoms with van der Waals surface area (Å²) in [4.78, 5) is 0. The molecule has 0 aliphatic rings. The molecule has 0 fully saturated rings. The van der Waals surface area contributed by atoms with Crippen molar-refractivity contribution in [3.05, 3.63) is 0 Å². The molecular formula is C3H7O3Sb. The summed E-state index contributed by atoms with van der Waals surface area (Å²) in [6, 6.07) is 0. The Labute approximate surface area is 56.3 Å². The summed E-state index contributed by atoms with van der Waals surface area (Å²) in [6.45, 7) is 0.00675. The Kier molecular flexibility index (Phi) is 5.33. The van der Waals surface area contributed by atoms with Crippen molar-refractivity contribution in [2.24, 2.45) is 0 Å². The number of hydrogen-bond donors (Lipinski definition) is 2. The third-order valence-electron chi connectivity index (χ3n) is 0.478. The van der Waals surface area contributed by atoms with Gasteiger partial charge in [0.1, 0.15) is 0 Å². The van der Waals surface area contributed by atoms with E-state index in [1.54, 1.807) is 0 Å². The zero-order chi connectivity index (χ0) is 5.70. The van der Waals surface area contributed by atoms with Gasteiger partial charge in [0.05, 0.1) is 0 Å². The summed E-state index contributed by atoms with van der Waals surface area (Å²) in [7, 11) is 0. The molecule has 2 radical (unpaired) electrons. The van der Waals surface area contributed by atoms with Crippen molar-refractivity contribution in [2.45, 2.75) is 6.10 Å². The summed E-state index contributed by atoms with van der Waals surface area (Å²) in [5.41, 5.74) is 0. The number of rotatable bonds is 3. The van der Waals surface area contributed by atoms with E-state index in [1.165, 1.54) is 0 Å². The molecule has 0 saturated heterocycles. The van der Waals surface area contributed by atoms with Gasteiger partial charge in [-0.05, 0) is 0 Å². The predicted octanol–water partition coefficient (Wildman–Crippen LogP) is -1.56. The van der Waals surface area contributed by atoms with Crippen LogP contribution < -0.4 is 0 Å². The average molecular weight is 213 g/mol. The molecule has 0 aromatic heterocycles. The van der Waals surface area contributed by atoms with Crippen LogP contribution in [0.3, 0.4) is 0 Å². The second-order valence-corrected chi connectivity index (χ2v) is 1.87. The normalized spacial score (nSPS) is 14.1.